The van der Waals surface area contributed by atoms with Crippen LogP contribution < -0.4 is 5.43 Å². The Balaban J connectivity index is 2.77. The van der Waals surface area contributed by atoms with Crippen LogP contribution in [0.1, 0.15) is 12.5 Å². The van der Waals surface area contributed by atoms with Gasteiger partial charge in [-0.15, -0.1) is 0 Å². The number of nitrogens with one attached hydrogen (secondary N) is 1. The molecule has 0 aliphatic heterocycles. The van der Waals surface area contributed by atoms with Crippen LogP contribution >= 0.6 is 0 Å². The van der Waals surface area contributed by atoms with Gasteiger partial charge in [0.05, 0.1) is 5.71 Å². The van der Waals surface area contributed by atoms with E-state index in [2.05, 4.69) is 15.5 Å². The molecule has 0 bridgehead atoms. The summed E-state index contributed by atoms with van der Waals surface area (Å²) >= 11 is 0. The Bertz CT molecular complexity index is 282. The summed E-state index contributed by atoms with van der Waals surface area (Å²) in [6, 6.07) is 3.69. The molecule has 62 valence electrons. The van der Waals surface area contributed by atoms with Crippen molar-refractivity contribution in [3.05, 3.63) is 30.1 Å². The summed E-state index contributed by atoms with van der Waals surface area (Å²) in [7, 11) is 0. The molecule has 1 amide bonds. The molecule has 1 aromatic heterocycles. The van der Waals surface area contributed by atoms with Gasteiger partial charge in [-0.2, -0.15) is 5.10 Å². The Labute approximate surface area is 70.3 Å². The van der Waals surface area contributed by atoms with Gasteiger partial charge in [-0.05, 0) is 13.0 Å². The van der Waals surface area contributed by atoms with Gasteiger partial charge >= 0.3 is 0 Å². The van der Waals surface area contributed by atoms with Crippen LogP contribution in [-0.4, -0.2) is 17.1 Å². The Hall–Kier alpha value is -1.71. The second-order valence-electron chi connectivity index (χ2n) is 2.19. The molecule has 0 saturated heterocycles. The first kappa shape index (κ1) is 8.39. The minimum atomic E-state index is 0.528. The third-order valence-electron chi connectivity index (χ3n) is 1.36. The van der Waals surface area contributed by atoms with Crippen molar-refractivity contribution in [1.82, 2.24) is 10.4 Å². The summed E-state index contributed by atoms with van der Waals surface area (Å²) in [5.74, 6) is 0. The Morgan fingerprint density at radius 1 is 1.75 bits per heavy atom. The first-order valence-electron chi connectivity index (χ1n) is 3.48. The number of nitrogens with zero attached hydrogens (tertiary/aromatic N) is 2. The van der Waals surface area contributed by atoms with Gasteiger partial charge in [0.15, 0.2) is 0 Å². The van der Waals surface area contributed by atoms with Gasteiger partial charge in [-0.1, -0.05) is 6.07 Å². The molecule has 0 spiro atoms. The van der Waals surface area contributed by atoms with Crippen molar-refractivity contribution >= 4 is 12.1 Å². The molecule has 0 aliphatic carbocycles. The molecule has 1 aromatic rings. The van der Waals surface area contributed by atoms with Gasteiger partial charge < -0.3 is 0 Å². The molecule has 0 aromatic carbocycles. The van der Waals surface area contributed by atoms with E-state index in [-0.39, 0.29) is 0 Å². The SMILES string of the molecule is C/C(=N\NC=O)c1cccnc1. The lowest BCUT2D eigenvalue weighted by Crippen LogP contribution is -2.06. The average molecular weight is 163 g/mol. The van der Waals surface area contributed by atoms with Crippen LogP contribution in [0.5, 0.6) is 0 Å². The zero-order valence-electron chi connectivity index (χ0n) is 6.69. The number of hydrazone groups is 1. The molecule has 0 aliphatic rings. The quantitative estimate of drug-likeness (QED) is 0.402. The highest BCUT2D eigenvalue weighted by molar-refractivity contribution is 5.98. The molecule has 0 saturated carbocycles. The lowest BCUT2D eigenvalue weighted by molar-refractivity contribution is -0.109. The summed E-state index contributed by atoms with van der Waals surface area (Å²) in [4.78, 5) is 13.8. The number of carbonyl (C=O) groups excluding carboxylic acids is 1. The van der Waals surface area contributed by atoms with Gasteiger partial charge in [-0.25, -0.2) is 5.43 Å². The summed E-state index contributed by atoms with van der Waals surface area (Å²) < 4.78 is 0. The zero-order valence-corrected chi connectivity index (χ0v) is 6.69. The van der Waals surface area contributed by atoms with Crippen molar-refractivity contribution in [2.24, 2.45) is 5.10 Å². The van der Waals surface area contributed by atoms with Crippen molar-refractivity contribution in [1.29, 1.82) is 0 Å². The van der Waals surface area contributed by atoms with Gasteiger partial charge in [0.25, 0.3) is 0 Å². The van der Waals surface area contributed by atoms with E-state index in [1.54, 1.807) is 19.3 Å². The number of hydrogen-bond donors (Lipinski definition) is 1. The number of carbonyl (C=O) groups is 1. The minimum absolute atomic E-state index is 0.528. The molecule has 1 rings (SSSR count). The Morgan fingerprint density at radius 2 is 2.58 bits per heavy atom. The second-order valence-corrected chi connectivity index (χ2v) is 2.19. The van der Waals surface area contributed by atoms with Crippen LogP contribution in [-0.2, 0) is 4.79 Å². The van der Waals surface area contributed by atoms with Crippen LogP contribution in [0.2, 0.25) is 0 Å². The predicted octanol–water partition coefficient (Wildman–Crippen LogP) is 0.552. The van der Waals surface area contributed by atoms with E-state index in [9.17, 15) is 4.79 Å². The van der Waals surface area contributed by atoms with Crippen molar-refractivity contribution in [2.75, 3.05) is 0 Å². The maximum Gasteiger partial charge on any atom is 0.227 e. The summed E-state index contributed by atoms with van der Waals surface area (Å²) in [6.07, 6.45) is 3.90. The molecule has 12 heavy (non-hydrogen) atoms. The van der Waals surface area contributed by atoms with E-state index >= 15 is 0 Å². The van der Waals surface area contributed by atoms with E-state index < -0.39 is 0 Å². The van der Waals surface area contributed by atoms with Crippen LogP contribution in [0.25, 0.3) is 0 Å². The number of hydrogen-bond acceptors (Lipinski definition) is 3. The fourth-order valence-electron chi connectivity index (χ4n) is 0.765. The first-order valence-corrected chi connectivity index (χ1v) is 3.48. The lowest BCUT2D eigenvalue weighted by Gasteiger charge is -1.96. The van der Waals surface area contributed by atoms with Crippen LogP contribution in [0.4, 0.5) is 0 Å². The van der Waals surface area contributed by atoms with Crippen molar-refractivity contribution in [3.8, 4) is 0 Å². The summed E-state index contributed by atoms with van der Waals surface area (Å²) in [5, 5.41) is 3.77. The fourth-order valence-corrected chi connectivity index (χ4v) is 0.765. The molecule has 0 fully saturated rings. The molecule has 0 unspecified atom stereocenters. The number of aromatic nitrogens is 1. The number of rotatable bonds is 3. The van der Waals surface area contributed by atoms with Crippen molar-refractivity contribution in [3.63, 3.8) is 0 Å². The second kappa shape index (κ2) is 4.23. The third kappa shape index (κ3) is 2.16. The fraction of sp³-hybridized carbons (Fsp3) is 0.125. The van der Waals surface area contributed by atoms with Crippen LogP contribution in [0.3, 0.4) is 0 Å². The topological polar surface area (TPSA) is 54.4 Å². The smallest absolute Gasteiger partial charge is 0.227 e. The summed E-state index contributed by atoms with van der Waals surface area (Å²) in [6.45, 7) is 1.80. The number of pyridine rings is 1. The standard InChI is InChI=1S/C8H9N3O/c1-7(11-10-6-12)8-3-2-4-9-5-8/h2-6H,1H3,(H,10,12)/b11-7+. The monoisotopic (exact) mass is 163 g/mol. The van der Waals surface area contributed by atoms with Crippen LogP contribution in [0, 0.1) is 0 Å². The zero-order chi connectivity index (χ0) is 8.81. The normalized spacial score (nSPS) is 10.9. The van der Waals surface area contributed by atoms with Crippen molar-refractivity contribution < 1.29 is 4.79 Å². The van der Waals surface area contributed by atoms with E-state index in [1.165, 1.54) is 0 Å². The highest BCUT2D eigenvalue weighted by atomic mass is 16.1. The maximum absolute atomic E-state index is 9.91. The average Bonchev–Trinajstić information content (AvgIpc) is 2.15. The predicted molar refractivity (Wildman–Crippen MR) is 45.6 cm³/mol. The number of amides is 1. The molecule has 0 radical (unpaired) electrons. The Morgan fingerprint density at radius 3 is 3.17 bits per heavy atom. The molecule has 4 heteroatoms. The molecule has 0 atom stereocenters. The van der Waals surface area contributed by atoms with Gasteiger partial charge in [-0.3, -0.25) is 9.78 Å². The Kier molecular flexibility index (Phi) is 2.95. The van der Waals surface area contributed by atoms with E-state index in [0.29, 0.717) is 6.41 Å². The van der Waals surface area contributed by atoms with Crippen molar-refractivity contribution in [2.45, 2.75) is 6.92 Å². The van der Waals surface area contributed by atoms with Gasteiger partial charge in [0.2, 0.25) is 6.41 Å². The van der Waals surface area contributed by atoms with E-state index in [0.717, 1.165) is 11.3 Å². The summed E-state index contributed by atoms with van der Waals surface area (Å²) in [5.41, 5.74) is 3.85. The van der Waals surface area contributed by atoms with E-state index in [4.69, 9.17) is 0 Å². The molecule has 1 heterocycles. The van der Waals surface area contributed by atoms with Crippen LogP contribution in [0.15, 0.2) is 29.6 Å². The molecule has 4 nitrogen and oxygen atoms in total. The van der Waals surface area contributed by atoms with E-state index in [1.807, 2.05) is 12.1 Å². The van der Waals surface area contributed by atoms with Gasteiger partial charge in [0, 0.05) is 18.0 Å². The minimum Gasteiger partial charge on any atom is -0.277 e. The van der Waals surface area contributed by atoms with Gasteiger partial charge in [0.1, 0.15) is 0 Å². The molecular weight excluding hydrogens is 154 g/mol. The maximum atomic E-state index is 9.91. The third-order valence-corrected chi connectivity index (χ3v) is 1.36. The first-order chi connectivity index (χ1) is 5.84. The molecular formula is C8H9N3O. The largest absolute Gasteiger partial charge is 0.277 e. The highest BCUT2D eigenvalue weighted by Crippen LogP contribution is 1.96. The highest BCUT2D eigenvalue weighted by Gasteiger charge is 1.94. The lowest BCUT2D eigenvalue weighted by atomic mass is 10.2. The molecule has 1 N–H and O–H groups in total.